The van der Waals surface area contributed by atoms with Crippen molar-refractivity contribution in [2.75, 3.05) is 23.9 Å². The molecule has 0 radical (unpaired) electrons. The quantitative estimate of drug-likeness (QED) is 0.792. The average molecular weight is 367 g/mol. The highest BCUT2D eigenvalue weighted by Crippen LogP contribution is 2.24. The SMILES string of the molecule is COc1ccccc1CNC(=O)C(=O)Nc1cccc(N2CCCC2=O)c1. The lowest BCUT2D eigenvalue weighted by Crippen LogP contribution is -2.35. The first-order chi connectivity index (χ1) is 13.1. The molecule has 27 heavy (non-hydrogen) atoms. The summed E-state index contributed by atoms with van der Waals surface area (Å²) in [5.74, 6) is -0.812. The van der Waals surface area contributed by atoms with Crippen molar-refractivity contribution in [3.8, 4) is 5.75 Å². The Morgan fingerprint density at radius 1 is 1.11 bits per heavy atom. The Balaban J connectivity index is 1.60. The van der Waals surface area contributed by atoms with Gasteiger partial charge < -0.3 is 20.3 Å². The van der Waals surface area contributed by atoms with Gasteiger partial charge >= 0.3 is 11.8 Å². The maximum Gasteiger partial charge on any atom is 0.313 e. The van der Waals surface area contributed by atoms with Crippen LogP contribution in [0.25, 0.3) is 0 Å². The smallest absolute Gasteiger partial charge is 0.313 e. The Bertz CT molecular complexity index is 866. The summed E-state index contributed by atoms with van der Waals surface area (Å²) in [6.45, 7) is 0.841. The van der Waals surface area contributed by atoms with Gasteiger partial charge in [-0.3, -0.25) is 14.4 Å². The molecule has 1 heterocycles. The molecule has 0 atom stereocenters. The third-order valence-electron chi connectivity index (χ3n) is 4.33. The molecule has 0 saturated carbocycles. The topological polar surface area (TPSA) is 87.7 Å². The Labute approximate surface area is 157 Å². The summed E-state index contributed by atoms with van der Waals surface area (Å²) < 4.78 is 5.22. The summed E-state index contributed by atoms with van der Waals surface area (Å²) >= 11 is 0. The van der Waals surface area contributed by atoms with Gasteiger partial charge in [-0.1, -0.05) is 24.3 Å². The van der Waals surface area contributed by atoms with Crippen LogP contribution in [0.2, 0.25) is 0 Å². The summed E-state index contributed by atoms with van der Waals surface area (Å²) in [6.07, 6.45) is 1.35. The number of carbonyl (C=O) groups is 3. The number of ether oxygens (including phenoxy) is 1. The summed E-state index contributed by atoms with van der Waals surface area (Å²) in [6, 6.07) is 14.2. The van der Waals surface area contributed by atoms with Crippen molar-refractivity contribution >= 4 is 29.1 Å². The van der Waals surface area contributed by atoms with Gasteiger partial charge in [0.2, 0.25) is 5.91 Å². The number of nitrogens with zero attached hydrogens (tertiary/aromatic N) is 1. The summed E-state index contributed by atoms with van der Waals surface area (Å²) in [4.78, 5) is 37.8. The number of amides is 3. The monoisotopic (exact) mass is 367 g/mol. The van der Waals surface area contributed by atoms with Crippen molar-refractivity contribution in [3.05, 3.63) is 54.1 Å². The minimum absolute atomic E-state index is 0.0630. The van der Waals surface area contributed by atoms with E-state index >= 15 is 0 Å². The molecule has 0 aromatic heterocycles. The molecule has 1 fully saturated rings. The molecule has 2 aromatic carbocycles. The molecule has 0 spiro atoms. The van der Waals surface area contributed by atoms with Gasteiger partial charge in [-0.2, -0.15) is 0 Å². The van der Waals surface area contributed by atoms with Crippen molar-refractivity contribution in [2.45, 2.75) is 19.4 Å². The van der Waals surface area contributed by atoms with Crippen LogP contribution < -0.4 is 20.3 Å². The molecule has 2 aromatic rings. The van der Waals surface area contributed by atoms with Crippen LogP contribution in [0.15, 0.2) is 48.5 Å². The van der Waals surface area contributed by atoms with Gasteiger partial charge in [0.05, 0.1) is 7.11 Å². The lowest BCUT2D eigenvalue weighted by Gasteiger charge is -2.16. The minimum Gasteiger partial charge on any atom is -0.496 e. The fourth-order valence-electron chi connectivity index (χ4n) is 2.97. The zero-order valence-corrected chi connectivity index (χ0v) is 15.0. The maximum absolute atomic E-state index is 12.2. The molecule has 0 unspecified atom stereocenters. The second-order valence-corrected chi connectivity index (χ2v) is 6.15. The van der Waals surface area contributed by atoms with Crippen LogP contribution in [-0.2, 0) is 20.9 Å². The molecule has 140 valence electrons. The molecule has 7 heteroatoms. The number of rotatable bonds is 5. The van der Waals surface area contributed by atoms with Crippen molar-refractivity contribution in [1.82, 2.24) is 5.32 Å². The van der Waals surface area contributed by atoms with Gasteiger partial charge in [0.15, 0.2) is 0 Å². The van der Waals surface area contributed by atoms with Crippen LogP contribution in [0.3, 0.4) is 0 Å². The second kappa shape index (κ2) is 8.35. The summed E-state index contributed by atoms with van der Waals surface area (Å²) in [5.41, 5.74) is 1.95. The minimum atomic E-state index is -0.769. The predicted molar refractivity (Wildman–Crippen MR) is 101 cm³/mol. The second-order valence-electron chi connectivity index (χ2n) is 6.15. The Morgan fingerprint density at radius 3 is 2.67 bits per heavy atom. The zero-order chi connectivity index (χ0) is 19.2. The highest BCUT2D eigenvalue weighted by molar-refractivity contribution is 6.39. The van der Waals surface area contributed by atoms with Crippen LogP contribution in [0.1, 0.15) is 18.4 Å². The van der Waals surface area contributed by atoms with Crippen LogP contribution in [-0.4, -0.2) is 31.4 Å². The molecule has 0 aliphatic carbocycles. The van der Waals surface area contributed by atoms with Crippen LogP contribution in [0, 0.1) is 0 Å². The summed E-state index contributed by atoms with van der Waals surface area (Å²) in [5, 5.41) is 5.14. The van der Waals surface area contributed by atoms with Crippen LogP contribution >= 0.6 is 0 Å². The molecular weight excluding hydrogens is 346 g/mol. The first-order valence-corrected chi connectivity index (χ1v) is 8.70. The Hall–Kier alpha value is -3.35. The fourth-order valence-corrected chi connectivity index (χ4v) is 2.97. The maximum atomic E-state index is 12.2. The molecule has 7 nitrogen and oxygen atoms in total. The summed E-state index contributed by atoms with van der Waals surface area (Å²) in [7, 11) is 1.55. The molecular formula is C20H21N3O4. The zero-order valence-electron chi connectivity index (χ0n) is 15.0. The van der Waals surface area contributed by atoms with E-state index in [2.05, 4.69) is 10.6 Å². The first kappa shape index (κ1) is 18.4. The third kappa shape index (κ3) is 4.44. The number of methoxy groups -OCH3 is 1. The number of anilines is 2. The fraction of sp³-hybridized carbons (Fsp3) is 0.250. The molecule has 2 N–H and O–H groups in total. The van der Waals surface area contributed by atoms with Gasteiger partial charge in [0, 0.05) is 36.4 Å². The first-order valence-electron chi connectivity index (χ1n) is 8.70. The highest BCUT2D eigenvalue weighted by atomic mass is 16.5. The number of hydrogen-bond acceptors (Lipinski definition) is 4. The van der Waals surface area contributed by atoms with E-state index in [-0.39, 0.29) is 12.5 Å². The van der Waals surface area contributed by atoms with E-state index in [9.17, 15) is 14.4 Å². The van der Waals surface area contributed by atoms with Gasteiger partial charge in [0.25, 0.3) is 0 Å². The largest absolute Gasteiger partial charge is 0.496 e. The van der Waals surface area contributed by atoms with Gasteiger partial charge in [0.1, 0.15) is 5.75 Å². The van der Waals surface area contributed by atoms with Gasteiger partial charge in [-0.15, -0.1) is 0 Å². The van der Waals surface area contributed by atoms with Crippen LogP contribution in [0.4, 0.5) is 11.4 Å². The van der Waals surface area contributed by atoms with E-state index < -0.39 is 11.8 Å². The number of carbonyl (C=O) groups excluding carboxylic acids is 3. The van der Waals surface area contributed by atoms with Gasteiger partial charge in [-0.25, -0.2) is 0 Å². The number of hydrogen-bond donors (Lipinski definition) is 2. The van der Waals surface area contributed by atoms with E-state index in [1.807, 2.05) is 18.2 Å². The average Bonchev–Trinajstić information content (AvgIpc) is 3.12. The predicted octanol–water partition coefficient (Wildman–Crippen LogP) is 2.08. The molecule has 3 amide bonds. The van der Waals surface area contributed by atoms with Crippen molar-refractivity contribution in [3.63, 3.8) is 0 Å². The highest BCUT2D eigenvalue weighted by Gasteiger charge is 2.22. The number of nitrogens with one attached hydrogen (secondary N) is 2. The molecule has 3 rings (SSSR count). The Kier molecular flexibility index (Phi) is 5.71. The lowest BCUT2D eigenvalue weighted by atomic mass is 10.2. The van der Waals surface area contributed by atoms with E-state index in [0.29, 0.717) is 30.1 Å². The van der Waals surface area contributed by atoms with E-state index in [4.69, 9.17) is 4.74 Å². The van der Waals surface area contributed by atoms with Crippen LogP contribution in [0.5, 0.6) is 5.75 Å². The number of para-hydroxylation sites is 1. The molecule has 0 bridgehead atoms. The van der Waals surface area contributed by atoms with Crippen molar-refractivity contribution in [1.29, 1.82) is 0 Å². The van der Waals surface area contributed by atoms with Gasteiger partial charge in [-0.05, 0) is 30.7 Å². The van der Waals surface area contributed by atoms with Crippen molar-refractivity contribution < 1.29 is 19.1 Å². The molecule has 1 aliphatic rings. The van der Waals surface area contributed by atoms with E-state index in [1.165, 1.54) is 0 Å². The molecule has 1 saturated heterocycles. The standard InChI is InChI=1S/C20H21N3O4/c1-27-17-9-3-2-6-14(17)13-21-19(25)20(26)22-15-7-4-8-16(12-15)23-11-5-10-18(23)24/h2-4,6-9,12H,5,10-11,13H2,1H3,(H,21,25)(H,22,26). The number of benzene rings is 2. The van der Waals surface area contributed by atoms with Crippen molar-refractivity contribution in [2.24, 2.45) is 0 Å². The van der Waals surface area contributed by atoms with E-state index in [0.717, 1.165) is 12.0 Å². The third-order valence-corrected chi connectivity index (χ3v) is 4.33. The normalized spacial score (nSPS) is 13.4. The molecule has 1 aliphatic heterocycles. The lowest BCUT2D eigenvalue weighted by molar-refractivity contribution is -0.136. The Morgan fingerprint density at radius 2 is 1.93 bits per heavy atom. The van der Waals surface area contributed by atoms with E-state index in [1.54, 1.807) is 42.3 Å².